The van der Waals surface area contributed by atoms with Crippen molar-refractivity contribution in [2.45, 2.75) is 230 Å². The average molecular weight is 977 g/mol. The highest BCUT2D eigenvalue weighted by atomic mass is 16.7. The molecule has 0 spiro atoms. The minimum Gasteiger partial charge on any atom is -0.457 e. The molecule has 1 fully saturated rings. The lowest BCUT2D eigenvalue weighted by molar-refractivity contribution is -0.305. The lowest BCUT2D eigenvalue weighted by atomic mass is 9.99. The van der Waals surface area contributed by atoms with Gasteiger partial charge in [0.15, 0.2) is 6.29 Å². The summed E-state index contributed by atoms with van der Waals surface area (Å²) in [5.41, 5.74) is 0. The molecule has 1 heterocycles. The van der Waals surface area contributed by atoms with Crippen LogP contribution in [0.4, 0.5) is 0 Å². The maximum absolute atomic E-state index is 12.9. The van der Waals surface area contributed by atoms with Crippen LogP contribution in [0.2, 0.25) is 0 Å². The Morgan fingerprint density at radius 3 is 1.24 bits per heavy atom. The molecule has 0 aromatic rings. The van der Waals surface area contributed by atoms with Gasteiger partial charge in [-0.3, -0.25) is 4.79 Å². The summed E-state index contributed by atoms with van der Waals surface area (Å²) < 4.78 is 22.9. The highest BCUT2D eigenvalue weighted by Gasteiger charge is 2.44. The summed E-state index contributed by atoms with van der Waals surface area (Å²) in [6, 6.07) is 0. The Kier molecular flexibility index (Phi) is 46.6. The number of hydrogen-bond acceptors (Lipinski definition) is 9. The van der Waals surface area contributed by atoms with E-state index in [9.17, 15) is 25.2 Å². The van der Waals surface area contributed by atoms with Crippen LogP contribution in [0.1, 0.15) is 194 Å². The summed E-state index contributed by atoms with van der Waals surface area (Å²) in [6.07, 6.45) is 66.6. The van der Waals surface area contributed by atoms with Crippen LogP contribution in [-0.2, 0) is 23.7 Å². The van der Waals surface area contributed by atoms with Gasteiger partial charge in [-0.05, 0) is 103 Å². The molecule has 1 saturated heterocycles. The van der Waals surface area contributed by atoms with E-state index in [-0.39, 0.29) is 19.2 Å². The number of unbranched alkanes of at least 4 members (excludes halogenated alkanes) is 15. The predicted octanol–water partition coefficient (Wildman–Crippen LogP) is 14.3. The number of allylic oxidation sites excluding steroid dienone is 20. The summed E-state index contributed by atoms with van der Waals surface area (Å²) in [7, 11) is 0. The topological polar surface area (TPSA) is 135 Å². The van der Waals surface area contributed by atoms with Crippen molar-refractivity contribution in [3.63, 3.8) is 0 Å². The molecule has 0 saturated carbocycles. The van der Waals surface area contributed by atoms with E-state index in [0.717, 1.165) is 109 Å². The largest absolute Gasteiger partial charge is 0.457 e. The summed E-state index contributed by atoms with van der Waals surface area (Å²) in [5, 5.41) is 40.3. The molecule has 1 aliphatic heterocycles. The van der Waals surface area contributed by atoms with Gasteiger partial charge in [0.2, 0.25) is 0 Å². The second kappa shape index (κ2) is 50.5. The number of aliphatic hydroxyl groups is 4. The summed E-state index contributed by atoms with van der Waals surface area (Å²) in [5.74, 6) is -0.333. The molecule has 4 N–H and O–H groups in total. The van der Waals surface area contributed by atoms with Gasteiger partial charge in [0.25, 0.3) is 0 Å². The molecular weight excluding hydrogens is 877 g/mol. The first kappa shape index (κ1) is 64.6. The van der Waals surface area contributed by atoms with E-state index >= 15 is 0 Å². The van der Waals surface area contributed by atoms with Crippen LogP contribution in [0.3, 0.4) is 0 Å². The predicted molar refractivity (Wildman–Crippen MR) is 292 cm³/mol. The van der Waals surface area contributed by atoms with Crippen LogP contribution in [0, 0.1) is 0 Å². The number of rotatable bonds is 46. The number of carbonyl (C=O) groups is 1. The minimum absolute atomic E-state index is 0.113. The Morgan fingerprint density at radius 2 is 0.829 bits per heavy atom. The van der Waals surface area contributed by atoms with E-state index in [0.29, 0.717) is 13.0 Å². The van der Waals surface area contributed by atoms with Gasteiger partial charge in [0, 0.05) is 13.0 Å². The van der Waals surface area contributed by atoms with Gasteiger partial charge in [-0.25, -0.2) is 0 Å². The summed E-state index contributed by atoms with van der Waals surface area (Å²) >= 11 is 0. The van der Waals surface area contributed by atoms with Gasteiger partial charge in [-0.2, -0.15) is 0 Å². The van der Waals surface area contributed by atoms with Crippen LogP contribution < -0.4 is 0 Å². The molecule has 1 aliphatic rings. The van der Waals surface area contributed by atoms with Gasteiger partial charge >= 0.3 is 5.97 Å². The number of aliphatic hydroxyl groups excluding tert-OH is 4. The van der Waals surface area contributed by atoms with Gasteiger partial charge in [-0.15, -0.1) is 0 Å². The van der Waals surface area contributed by atoms with E-state index in [2.05, 4.69) is 135 Å². The molecule has 6 unspecified atom stereocenters. The highest BCUT2D eigenvalue weighted by Crippen LogP contribution is 2.23. The first-order valence-corrected chi connectivity index (χ1v) is 27.6. The molecular formula is C61H100O9. The van der Waals surface area contributed by atoms with Crippen molar-refractivity contribution in [3.8, 4) is 0 Å². The Hall–Kier alpha value is -3.41. The SMILES string of the molecule is CC/C=C\C/C=C\C/C=C\C/C=C\C/C=C\C/C=C\CCCCCOCC(COC1OC(CO)C(O)C(O)C1O)OC(=O)CCCCCCCCCCCCCC/C=C\C/C=C\C/C=C\C/C=C\CC. The first-order chi connectivity index (χ1) is 34.4. The Labute approximate surface area is 427 Å². The molecule has 0 aromatic heterocycles. The number of carbonyl (C=O) groups excluding carboxylic acids is 1. The normalized spacial score (nSPS) is 19.9. The van der Waals surface area contributed by atoms with Crippen LogP contribution in [0.15, 0.2) is 122 Å². The minimum atomic E-state index is -1.55. The van der Waals surface area contributed by atoms with Crippen molar-refractivity contribution in [1.82, 2.24) is 0 Å². The van der Waals surface area contributed by atoms with Crippen LogP contribution in [-0.4, -0.2) is 89.6 Å². The van der Waals surface area contributed by atoms with Gasteiger partial charge in [0.05, 0.1) is 19.8 Å². The molecule has 1 rings (SSSR count). The molecule has 9 nitrogen and oxygen atoms in total. The van der Waals surface area contributed by atoms with Crippen molar-refractivity contribution < 1.29 is 44.2 Å². The smallest absolute Gasteiger partial charge is 0.306 e. The Morgan fingerprint density at radius 1 is 0.457 bits per heavy atom. The van der Waals surface area contributed by atoms with Crippen molar-refractivity contribution in [2.75, 3.05) is 26.4 Å². The molecule has 6 atom stereocenters. The van der Waals surface area contributed by atoms with Crippen LogP contribution in [0.5, 0.6) is 0 Å². The molecule has 0 aliphatic carbocycles. The monoisotopic (exact) mass is 977 g/mol. The molecule has 398 valence electrons. The van der Waals surface area contributed by atoms with Crippen molar-refractivity contribution >= 4 is 5.97 Å². The maximum Gasteiger partial charge on any atom is 0.306 e. The molecule has 0 amide bonds. The van der Waals surface area contributed by atoms with E-state index in [1.807, 2.05) is 0 Å². The fourth-order valence-electron chi connectivity index (χ4n) is 7.66. The molecule has 0 radical (unpaired) electrons. The van der Waals surface area contributed by atoms with E-state index in [1.54, 1.807) is 0 Å². The van der Waals surface area contributed by atoms with Gasteiger partial charge < -0.3 is 39.4 Å². The van der Waals surface area contributed by atoms with Crippen molar-refractivity contribution in [3.05, 3.63) is 122 Å². The molecule has 70 heavy (non-hydrogen) atoms. The zero-order valence-corrected chi connectivity index (χ0v) is 44.0. The quantitative estimate of drug-likeness (QED) is 0.0267. The summed E-state index contributed by atoms with van der Waals surface area (Å²) in [4.78, 5) is 12.9. The Bertz CT molecular complexity index is 1480. The maximum atomic E-state index is 12.9. The third-order valence-electron chi connectivity index (χ3n) is 11.9. The number of hydrogen-bond donors (Lipinski definition) is 4. The highest BCUT2D eigenvalue weighted by molar-refractivity contribution is 5.69. The number of esters is 1. The standard InChI is InChI=1S/C61H100O9/c1-3-5-7-9-11-13-15-17-19-21-23-25-27-28-29-30-32-34-36-38-40-42-44-46-48-50-57(63)69-55(54-68-61-60(66)59(65)58(64)56(52-62)70-61)53-67-51-49-47-45-43-41-39-37-35-33-31-26-24-22-20-18-16-14-12-10-8-6-4-2/h5-8,11-14,17-20,23-26,33,35,39,41,55-56,58-62,64-66H,3-4,9-10,15-16,21-22,27-32,34,36-38,40,42-54H2,1-2H3/b7-5-,8-6-,13-11-,14-12-,19-17-,20-18-,25-23-,26-24-,35-33-,41-39-. The van der Waals surface area contributed by atoms with Gasteiger partial charge in [0.1, 0.15) is 30.5 Å². The molecule has 0 bridgehead atoms. The van der Waals surface area contributed by atoms with Crippen molar-refractivity contribution in [2.24, 2.45) is 0 Å². The first-order valence-electron chi connectivity index (χ1n) is 27.6. The third kappa shape index (κ3) is 40.2. The fraction of sp³-hybridized carbons (Fsp3) is 0.656. The second-order valence-electron chi connectivity index (χ2n) is 18.3. The molecule has 0 aromatic carbocycles. The van der Waals surface area contributed by atoms with Crippen molar-refractivity contribution in [1.29, 1.82) is 0 Å². The molecule has 9 heteroatoms. The van der Waals surface area contributed by atoms with E-state index in [1.165, 1.54) is 64.2 Å². The van der Waals surface area contributed by atoms with E-state index < -0.39 is 43.4 Å². The Balaban J connectivity index is 2.22. The third-order valence-corrected chi connectivity index (χ3v) is 11.9. The van der Waals surface area contributed by atoms with Crippen LogP contribution >= 0.6 is 0 Å². The zero-order valence-electron chi connectivity index (χ0n) is 44.0. The number of ether oxygens (including phenoxy) is 4. The average Bonchev–Trinajstić information content (AvgIpc) is 3.36. The lowest BCUT2D eigenvalue weighted by Crippen LogP contribution is -2.59. The fourth-order valence-corrected chi connectivity index (χ4v) is 7.66. The lowest BCUT2D eigenvalue weighted by Gasteiger charge is -2.39. The van der Waals surface area contributed by atoms with Gasteiger partial charge in [-0.1, -0.05) is 206 Å². The summed E-state index contributed by atoms with van der Waals surface area (Å²) in [6.45, 7) is 4.24. The second-order valence-corrected chi connectivity index (χ2v) is 18.3. The van der Waals surface area contributed by atoms with E-state index in [4.69, 9.17) is 18.9 Å². The zero-order chi connectivity index (χ0) is 50.6. The van der Waals surface area contributed by atoms with Crippen LogP contribution in [0.25, 0.3) is 0 Å².